The van der Waals surface area contributed by atoms with Gasteiger partial charge in [-0.15, -0.1) is 0 Å². The molecule has 3 atom stereocenters. The van der Waals surface area contributed by atoms with Crippen molar-refractivity contribution in [2.75, 3.05) is 6.54 Å². The van der Waals surface area contributed by atoms with Crippen molar-refractivity contribution in [1.82, 2.24) is 10.3 Å². The maximum absolute atomic E-state index is 6.26. The predicted octanol–water partition coefficient (Wildman–Crippen LogP) is 4.75. The average Bonchev–Trinajstić information content (AvgIpc) is 2.63. The largest absolute Gasteiger partial charge is 0.490 e. The number of nitrogens with one attached hydrogen (secondary N) is 1. The highest BCUT2D eigenvalue weighted by Crippen LogP contribution is 2.32. The normalized spacial score (nSPS) is 21.7. The summed E-state index contributed by atoms with van der Waals surface area (Å²) in [7, 11) is 0. The maximum Gasteiger partial charge on any atom is 0.119 e. The lowest BCUT2D eigenvalue weighted by Crippen LogP contribution is -2.33. The summed E-state index contributed by atoms with van der Waals surface area (Å²) in [5.41, 5.74) is 2.56. The third kappa shape index (κ3) is 5.57. The Morgan fingerprint density at radius 2 is 2.04 bits per heavy atom. The molecule has 3 unspecified atom stereocenters. The molecule has 0 radical (unpaired) electrons. The van der Waals surface area contributed by atoms with Crippen LogP contribution in [0.2, 0.25) is 0 Å². The first-order valence-corrected chi connectivity index (χ1v) is 9.53. The van der Waals surface area contributed by atoms with Gasteiger partial charge in [0.15, 0.2) is 0 Å². The molecule has 1 N–H and O–H groups in total. The number of aromatic nitrogens is 1. The second-order valence-corrected chi connectivity index (χ2v) is 7.45. The van der Waals surface area contributed by atoms with E-state index in [-0.39, 0.29) is 0 Å². The molecule has 3 rings (SSSR count). The molecule has 3 heteroatoms. The van der Waals surface area contributed by atoms with Crippen molar-refractivity contribution in [2.45, 2.75) is 52.2 Å². The Balaban J connectivity index is 1.45. The molecule has 0 amide bonds. The predicted molar refractivity (Wildman–Crippen MR) is 103 cm³/mol. The van der Waals surface area contributed by atoms with Gasteiger partial charge in [-0.1, -0.05) is 19.1 Å². The minimum Gasteiger partial charge on any atom is -0.490 e. The lowest BCUT2D eigenvalue weighted by atomic mass is 9.79. The van der Waals surface area contributed by atoms with E-state index in [1.165, 1.54) is 36.8 Å². The molecule has 25 heavy (non-hydrogen) atoms. The molecule has 1 saturated carbocycles. The van der Waals surface area contributed by atoms with E-state index in [4.69, 9.17) is 4.74 Å². The third-order valence-electron chi connectivity index (χ3n) is 5.31. The van der Waals surface area contributed by atoms with Gasteiger partial charge in [-0.2, -0.15) is 0 Å². The van der Waals surface area contributed by atoms with E-state index in [1.54, 1.807) is 0 Å². The summed E-state index contributed by atoms with van der Waals surface area (Å²) in [4.78, 5) is 4.07. The topological polar surface area (TPSA) is 34.1 Å². The van der Waals surface area contributed by atoms with Gasteiger partial charge in [0.2, 0.25) is 0 Å². The van der Waals surface area contributed by atoms with E-state index in [9.17, 15) is 0 Å². The van der Waals surface area contributed by atoms with Crippen molar-refractivity contribution in [3.8, 4) is 5.75 Å². The van der Waals surface area contributed by atoms with Crippen LogP contribution >= 0.6 is 0 Å². The first-order valence-electron chi connectivity index (χ1n) is 9.53. The van der Waals surface area contributed by atoms with Crippen molar-refractivity contribution in [2.24, 2.45) is 11.8 Å². The number of hydrogen-bond donors (Lipinski definition) is 1. The molecule has 1 aliphatic rings. The van der Waals surface area contributed by atoms with Crippen molar-refractivity contribution >= 4 is 0 Å². The zero-order valence-corrected chi connectivity index (χ0v) is 15.4. The molecule has 0 spiro atoms. The second-order valence-electron chi connectivity index (χ2n) is 7.45. The summed E-state index contributed by atoms with van der Waals surface area (Å²) in [6.07, 6.45) is 9.03. The number of ether oxygens (including phenoxy) is 1. The van der Waals surface area contributed by atoms with Crippen molar-refractivity contribution in [3.63, 3.8) is 0 Å². The lowest BCUT2D eigenvalue weighted by Gasteiger charge is -2.33. The number of nitrogens with zero attached hydrogens (tertiary/aromatic N) is 1. The van der Waals surface area contributed by atoms with Crippen LogP contribution in [0.3, 0.4) is 0 Å². The van der Waals surface area contributed by atoms with Crippen molar-refractivity contribution in [1.29, 1.82) is 0 Å². The molecule has 134 valence electrons. The maximum atomic E-state index is 6.26. The molecular formula is C22H30N2O. The molecule has 3 nitrogen and oxygen atoms in total. The van der Waals surface area contributed by atoms with Gasteiger partial charge in [-0.3, -0.25) is 4.98 Å². The standard InChI is InChI=1S/C22H30N2O/c1-17-5-3-7-21(13-17)25-22-8-4-6-20(14-22)18(2)15-24-16-19-9-11-23-12-10-19/h3,5,7,9-13,18,20,22,24H,4,6,8,14-16H2,1-2H3. The van der Waals surface area contributed by atoms with Gasteiger partial charge in [-0.25, -0.2) is 0 Å². The number of benzene rings is 1. The van der Waals surface area contributed by atoms with Crippen LogP contribution in [0.5, 0.6) is 5.75 Å². The molecule has 2 aromatic rings. The molecule has 1 aromatic heterocycles. The van der Waals surface area contributed by atoms with E-state index in [1.807, 2.05) is 12.4 Å². The van der Waals surface area contributed by atoms with Gasteiger partial charge >= 0.3 is 0 Å². The Bertz CT molecular complexity index is 643. The number of pyridine rings is 1. The van der Waals surface area contributed by atoms with E-state index in [2.05, 4.69) is 60.5 Å². The van der Waals surface area contributed by atoms with Crippen molar-refractivity contribution < 1.29 is 4.74 Å². The van der Waals surface area contributed by atoms with Crippen LogP contribution in [0, 0.1) is 18.8 Å². The molecule has 1 fully saturated rings. The molecule has 1 heterocycles. The highest BCUT2D eigenvalue weighted by molar-refractivity contribution is 5.27. The number of aryl methyl sites for hydroxylation is 1. The monoisotopic (exact) mass is 338 g/mol. The highest BCUT2D eigenvalue weighted by Gasteiger charge is 2.27. The first-order chi connectivity index (χ1) is 12.2. The highest BCUT2D eigenvalue weighted by atomic mass is 16.5. The molecule has 0 saturated heterocycles. The summed E-state index contributed by atoms with van der Waals surface area (Å²) >= 11 is 0. The molecule has 1 aromatic carbocycles. The lowest BCUT2D eigenvalue weighted by molar-refractivity contribution is 0.102. The smallest absolute Gasteiger partial charge is 0.119 e. The fourth-order valence-corrected chi connectivity index (χ4v) is 3.80. The van der Waals surface area contributed by atoms with Gasteiger partial charge in [-0.05, 0) is 86.4 Å². The Labute approximate surface area is 151 Å². The molecule has 1 aliphatic carbocycles. The number of hydrogen-bond acceptors (Lipinski definition) is 3. The van der Waals surface area contributed by atoms with Gasteiger partial charge in [0.1, 0.15) is 5.75 Å². The van der Waals surface area contributed by atoms with Crippen LogP contribution in [-0.4, -0.2) is 17.6 Å². The van der Waals surface area contributed by atoms with Gasteiger partial charge in [0.25, 0.3) is 0 Å². The van der Waals surface area contributed by atoms with Gasteiger partial charge in [0, 0.05) is 18.9 Å². The van der Waals surface area contributed by atoms with Crippen LogP contribution in [0.25, 0.3) is 0 Å². The van der Waals surface area contributed by atoms with E-state index < -0.39 is 0 Å². The molecular weight excluding hydrogens is 308 g/mol. The Morgan fingerprint density at radius 3 is 2.84 bits per heavy atom. The molecule has 0 bridgehead atoms. The van der Waals surface area contributed by atoms with Gasteiger partial charge < -0.3 is 10.1 Å². The van der Waals surface area contributed by atoms with Gasteiger partial charge in [0.05, 0.1) is 6.10 Å². The average molecular weight is 338 g/mol. The summed E-state index contributed by atoms with van der Waals surface area (Å²) in [5.74, 6) is 2.44. The zero-order valence-electron chi connectivity index (χ0n) is 15.4. The van der Waals surface area contributed by atoms with E-state index in [0.29, 0.717) is 12.0 Å². The Morgan fingerprint density at radius 1 is 1.20 bits per heavy atom. The SMILES string of the molecule is Cc1cccc(OC2CCCC(C(C)CNCc3ccncc3)C2)c1. The zero-order chi connectivity index (χ0) is 17.5. The Hall–Kier alpha value is -1.87. The quantitative estimate of drug-likeness (QED) is 0.791. The number of rotatable bonds is 7. The van der Waals surface area contributed by atoms with Crippen LogP contribution in [-0.2, 0) is 6.54 Å². The summed E-state index contributed by atoms with van der Waals surface area (Å²) < 4.78 is 6.26. The van der Waals surface area contributed by atoms with E-state index >= 15 is 0 Å². The summed E-state index contributed by atoms with van der Waals surface area (Å²) in [6, 6.07) is 12.6. The fraction of sp³-hybridized carbons (Fsp3) is 0.500. The first kappa shape index (κ1) is 17.9. The van der Waals surface area contributed by atoms with E-state index in [0.717, 1.165) is 24.8 Å². The fourth-order valence-electron chi connectivity index (χ4n) is 3.80. The van der Waals surface area contributed by atoms with Crippen molar-refractivity contribution in [3.05, 3.63) is 59.9 Å². The summed E-state index contributed by atoms with van der Waals surface area (Å²) in [6.45, 7) is 6.47. The second kappa shape index (κ2) is 9.00. The minimum absolute atomic E-state index is 0.364. The van der Waals surface area contributed by atoms with Crippen LogP contribution < -0.4 is 10.1 Å². The minimum atomic E-state index is 0.364. The Kier molecular flexibility index (Phi) is 6.46. The summed E-state index contributed by atoms with van der Waals surface area (Å²) in [5, 5.41) is 3.60. The van der Waals surface area contributed by atoms with Crippen LogP contribution in [0.1, 0.15) is 43.7 Å². The van der Waals surface area contributed by atoms with Crippen LogP contribution in [0.15, 0.2) is 48.8 Å². The van der Waals surface area contributed by atoms with Crippen LogP contribution in [0.4, 0.5) is 0 Å². The molecule has 0 aliphatic heterocycles. The third-order valence-corrected chi connectivity index (χ3v) is 5.31.